The largest absolute Gasteiger partial charge is 0.379 e. The molecule has 0 aliphatic heterocycles. The number of hydrogen-bond acceptors (Lipinski definition) is 3. The van der Waals surface area contributed by atoms with E-state index in [4.69, 9.17) is 4.84 Å². The Morgan fingerprint density at radius 3 is 2.27 bits per heavy atom. The van der Waals surface area contributed by atoms with Gasteiger partial charge in [0.1, 0.15) is 0 Å². The highest BCUT2D eigenvalue weighted by Gasteiger charge is 2.24. The highest BCUT2D eigenvalue weighted by Crippen LogP contribution is 2.22. The van der Waals surface area contributed by atoms with E-state index >= 15 is 0 Å². The van der Waals surface area contributed by atoms with E-state index in [-0.39, 0.29) is 11.5 Å². The average molecular weight is 348 g/mol. The van der Waals surface area contributed by atoms with Crippen molar-refractivity contribution in [2.45, 2.75) is 33.3 Å². The summed E-state index contributed by atoms with van der Waals surface area (Å²) in [5.74, 6) is 6.45. The summed E-state index contributed by atoms with van der Waals surface area (Å²) in [5, 5.41) is 4.17. The maximum Gasteiger partial charge on any atom is 0.192 e. The summed E-state index contributed by atoms with van der Waals surface area (Å²) in [6.07, 6.45) is 2.19. The fraction of sp³-hybridized carbons (Fsp3) is 0.348. The molecule has 0 saturated heterocycles. The van der Waals surface area contributed by atoms with E-state index in [2.05, 4.69) is 66.9 Å². The Balaban J connectivity index is 2.00. The van der Waals surface area contributed by atoms with Gasteiger partial charge in [0.05, 0.1) is 6.21 Å². The Bertz CT molecular complexity index is 760. The molecule has 0 aliphatic carbocycles. The number of anilines is 1. The van der Waals surface area contributed by atoms with Gasteiger partial charge in [0.25, 0.3) is 0 Å². The molecule has 0 N–H and O–H groups in total. The van der Waals surface area contributed by atoms with Crippen LogP contribution in [0.5, 0.6) is 0 Å². The molecule has 1 atom stereocenters. The minimum atomic E-state index is -0.261. The lowest BCUT2D eigenvalue weighted by Gasteiger charge is -2.23. The fourth-order valence-electron chi connectivity index (χ4n) is 2.25. The fourth-order valence-corrected chi connectivity index (χ4v) is 2.25. The van der Waals surface area contributed by atoms with E-state index in [0.29, 0.717) is 6.42 Å². The molecular weight excluding hydrogens is 320 g/mol. The van der Waals surface area contributed by atoms with Crippen LogP contribution in [-0.4, -0.2) is 26.4 Å². The van der Waals surface area contributed by atoms with Gasteiger partial charge in [-0.2, -0.15) is 0 Å². The van der Waals surface area contributed by atoms with E-state index in [1.807, 2.05) is 44.4 Å². The van der Waals surface area contributed by atoms with Gasteiger partial charge in [0, 0.05) is 31.6 Å². The van der Waals surface area contributed by atoms with Gasteiger partial charge >= 0.3 is 0 Å². The zero-order valence-electron chi connectivity index (χ0n) is 16.4. The van der Waals surface area contributed by atoms with Crippen molar-refractivity contribution in [3.05, 3.63) is 65.7 Å². The second-order valence-corrected chi connectivity index (χ2v) is 7.56. The van der Waals surface area contributed by atoms with Crippen LogP contribution in [0, 0.1) is 17.3 Å². The van der Waals surface area contributed by atoms with Crippen LogP contribution in [-0.2, 0) is 11.3 Å². The molecule has 2 rings (SSSR count). The Morgan fingerprint density at radius 2 is 1.69 bits per heavy atom. The highest BCUT2D eigenvalue weighted by atomic mass is 16.6. The van der Waals surface area contributed by atoms with Crippen molar-refractivity contribution < 1.29 is 4.84 Å². The maximum absolute atomic E-state index is 5.71. The summed E-state index contributed by atoms with van der Waals surface area (Å²) < 4.78 is 0. The van der Waals surface area contributed by atoms with Crippen LogP contribution >= 0.6 is 0 Å². The second kappa shape index (κ2) is 9.10. The van der Waals surface area contributed by atoms with Crippen LogP contribution in [0.3, 0.4) is 0 Å². The van der Waals surface area contributed by atoms with Crippen molar-refractivity contribution in [1.82, 2.24) is 0 Å². The lowest BCUT2D eigenvalue weighted by atomic mass is 9.89. The molecule has 0 bridgehead atoms. The quantitative estimate of drug-likeness (QED) is 0.442. The molecule has 0 heterocycles. The standard InChI is InChI=1S/C23H28N2O/c1-23(2,3)22(13-9-12-19-10-7-6-8-11-19)26-24-18-20-14-16-21(17-15-20)25(4)5/h6-8,10-11,14-18,22H,12H2,1-5H3/b24-18+. The van der Waals surface area contributed by atoms with Crippen molar-refractivity contribution >= 4 is 11.9 Å². The number of benzene rings is 2. The first kappa shape index (κ1) is 19.6. The average Bonchev–Trinajstić information content (AvgIpc) is 2.61. The molecule has 3 nitrogen and oxygen atoms in total. The first-order valence-corrected chi connectivity index (χ1v) is 8.85. The molecule has 0 amide bonds. The summed E-state index contributed by atoms with van der Waals surface area (Å²) in [6, 6.07) is 18.4. The summed E-state index contributed by atoms with van der Waals surface area (Å²) in [6.45, 7) is 6.32. The monoisotopic (exact) mass is 348 g/mol. The Hall–Kier alpha value is -2.73. The summed E-state index contributed by atoms with van der Waals surface area (Å²) in [5.41, 5.74) is 3.25. The molecule has 0 radical (unpaired) electrons. The van der Waals surface area contributed by atoms with E-state index in [1.165, 1.54) is 5.56 Å². The minimum absolute atomic E-state index is 0.115. The molecule has 136 valence electrons. The Morgan fingerprint density at radius 1 is 1.04 bits per heavy atom. The molecule has 0 spiro atoms. The van der Waals surface area contributed by atoms with Gasteiger partial charge in [-0.1, -0.05) is 80.2 Å². The number of oxime groups is 1. The first-order valence-electron chi connectivity index (χ1n) is 8.85. The SMILES string of the molecule is CN(C)c1ccc(/C=N/OC(C#CCc2ccccc2)C(C)(C)C)cc1. The van der Waals surface area contributed by atoms with Crippen LogP contribution in [0.2, 0.25) is 0 Å². The number of rotatable bonds is 5. The highest BCUT2D eigenvalue weighted by molar-refractivity contribution is 5.79. The van der Waals surface area contributed by atoms with E-state index < -0.39 is 0 Å². The molecule has 0 saturated carbocycles. The molecule has 2 aromatic carbocycles. The van der Waals surface area contributed by atoms with Gasteiger partial charge in [-0.25, -0.2) is 0 Å². The Labute approximate surface area is 157 Å². The molecule has 0 fully saturated rings. The van der Waals surface area contributed by atoms with Crippen molar-refractivity contribution in [1.29, 1.82) is 0 Å². The Kier molecular flexibility index (Phi) is 6.86. The van der Waals surface area contributed by atoms with Crippen molar-refractivity contribution in [2.24, 2.45) is 10.6 Å². The van der Waals surface area contributed by atoms with Crippen molar-refractivity contribution in [2.75, 3.05) is 19.0 Å². The lowest BCUT2D eigenvalue weighted by molar-refractivity contribution is 0.0265. The van der Waals surface area contributed by atoms with Gasteiger partial charge in [0.15, 0.2) is 6.10 Å². The van der Waals surface area contributed by atoms with Crippen LogP contribution in [0.25, 0.3) is 0 Å². The smallest absolute Gasteiger partial charge is 0.192 e. The zero-order valence-corrected chi connectivity index (χ0v) is 16.4. The van der Waals surface area contributed by atoms with Crippen LogP contribution in [0.1, 0.15) is 31.9 Å². The first-order chi connectivity index (χ1) is 12.4. The third-order valence-corrected chi connectivity index (χ3v) is 3.93. The van der Waals surface area contributed by atoms with Gasteiger partial charge < -0.3 is 9.74 Å². The lowest BCUT2D eigenvalue weighted by Crippen LogP contribution is -2.26. The summed E-state index contributed by atoms with van der Waals surface area (Å²) >= 11 is 0. The summed E-state index contributed by atoms with van der Waals surface area (Å²) in [7, 11) is 4.04. The number of hydrogen-bond donors (Lipinski definition) is 0. The van der Waals surface area contributed by atoms with E-state index in [0.717, 1.165) is 11.3 Å². The van der Waals surface area contributed by atoms with E-state index in [9.17, 15) is 0 Å². The predicted octanol–water partition coefficient (Wildman–Crippen LogP) is 4.76. The predicted molar refractivity (Wildman–Crippen MR) is 111 cm³/mol. The molecule has 3 heteroatoms. The van der Waals surface area contributed by atoms with Gasteiger partial charge in [-0.15, -0.1) is 0 Å². The van der Waals surface area contributed by atoms with Gasteiger partial charge in [0.2, 0.25) is 0 Å². The van der Waals surface area contributed by atoms with Crippen LogP contribution in [0.15, 0.2) is 59.8 Å². The molecule has 1 unspecified atom stereocenters. The minimum Gasteiger partial charge on any atom is -0.379 e. The third kappa shape index (κ3) is 6.29. The molecule has 2 aromatic rings. The molecule has 0 aromatic heterocycles. The van der Waals surface area contributed by atoms with Gasteiger partial charge in [-0.05, 0) is 23.3 Å². The van der Waals surface area contributed by atoms with Crippen molar-refractivity contribution in [3.63, 3.8) is 0 Å². The summed E-state index contributed by atoms with van der Waals surface area (Å²) in [4.78, 5) is 7.78. The molecular formula is C23H28N2O. The molecule has 0 aliphatic rings. The van der Waals surface area contributed by atoms with E-state index in [1.54, 1.807) is 6.21 Å². The normalized spacial score (nSPS) is 12.3. The van der Waals surface area contributed by atoms with Gasteiger partial charge in [-0.3, -0.25) is 0 Å². The number of nitrogens with zero attached hydrogens (tertiary/aromatic N) is 2. The zero-order chi connectivity index (χ0) is 19.0. The second-order valence-electron chi connectivity index (χ2n) is 7.56. The van der Waals surface area contributed by atoms with Crippen LogP contribution in [0.4, 0.5) is 5.69 Å². The molecule has 26 heavy (non-hydrogen) atoms. The maximum atomic E-state index is 5.71. The third-order valence-electron chi connectivity index (χ3n) is 3.93. The topological polar surface area (TPSA) is 24.8 Å². The van der Waals surface area contributed by atoms with Crippen molar-refractivity contribution in [3.8, 4) is 11.8 Å². The van der Waals surface area contributed by atoms with Crippen LogP contribution < -0.4 is 4.90 Å².